The van der Waals surface area contributed by atoms with Crippen molar-refractivity contribution in [2.45, 2.75) is 13.0 Å². The molecular weight excluding hydrogens is 199 g/mol. The highest BCUT2D eigenvalue weighted by Crippen LogP contribution is 2.30. The Kier molecular flexibility index (Phi) is 2.85. The summed E-state index contributed by atoms with van der Waals surface area (Å²) >= 11 is 0. The lowest BCUT2D eigenvalue weighted by atomic mass is 9.64. The van der Waals surface area contributed by atoms with E-state index in [1.54, 1.807) is 0 Å². The Morgan fingerprint density at radius 3 is 2.29 bits per heavy atom. The Morgan fingerprint density at radius 1 is 1.29 bits per heavy atom. The zero-order valence-corrected chi connectivity index (χ0v) is 7.27. The molecule has 76 valence electrons. The van der Waals surface area contributed by atoms with Gasteiger partial charge in [0.15, 0.2) is 0 Å². The SMILES string of the molecule is CB(O)c1ccc(F)c(C(F)(F)F)c1. The van der Waals surface area contributed by atoms with E-state index in [4.69, 9.17) is 5.02 Å². The summed E-state index contributed by atoms with van der Waals surface area (Å²) in [5.74, 6) is -1.33. The summed E-state index contributed by atoms with van der Waals surface area (Å²) in [6.07, 6.45) is -4.73. The first-order valence-corrected chi connectivity index (χ1v) is 3.87. The van der Waals surface area contributed by atoms with Crippen molar-refractivity contribution < 1.29 is 22.6 Å². The topological polar surface area (TPSA) is 20.2 Å². The van der Waals surface area contributed by atoms with Crippen molar-refractivity contribution >= 4 is 12.4 Å². The number of rotatable bonds is 1. The van der Waals surface area contributed by atoms with Crippen LogP contribution in [-0.2, 0) is 6.18 Å². The minimum atomic E-state index is -4.73. The fourth-order valence-corrected chi connectivity index (χ4v) is 1.02. The first-order valence-electron chi connectivity index (χ1n) is 3.87. The third-order valence-electron chi connectivity index (χ3n) is 1.78. The summed E-state index contributed by atoms with van der Waals surface area (Å²) in [5, 5.41) is 9.01. The number of hydrogen-bond donors (Lipinski definition) is 1. The van der Waals surface area contributed by atoms with Crippen LogP contribution in [0.2, 0.25) is 6.82 Å². The molecule has 0 radical (unpaired) electrons. The molecule has 0 spiro atoms. The summed E-state index contributed by atoms with van der Waals surface area (Å²) in [5.41, 5.74) is -1.31. The fraction of sp³-hybridized carbons (Fsp3) is 0.250. The summed E-state index contributed by atoms with van der Waals surface area (Å²) < 4.78 is 49.2. The molecule has 0 unspecified atom stereocenters. The van der Waals surface area contributed by atoms with Crippen LogP contribution in [0.15, 0.2) is 18.2 Å². The Labute approximate surface area is 78.5 Å². The molecule has 1 rings (SSSR count). The molecule has 1 aromatic rings. The first-order chi connectivity index (χ1) is 6.32. The monoisotopic (exact) mass is 206 g/mol. The van der Waals surface area contributed by atoms with Crippen molar-refractivity contribution in [2.75, 3.05) is 0 Å². The standard InChI is InChI=1S/C8H7BF4O/c1-9(14)5-2-3-7(10)6(4-5)8(11,12)13/h2-4,14H,1H3. The molecule has 0 fully saturated rings. The first kappa shape index (κ1) is 11.0. The van der Waals surface area contributed by atoms with Gasteiger partial charge in [-0.3, -0.25) is 0 Å². The Hall–Kier alpha value is -1.04. The average Bonchev–Trinajstić information content (AvgIpc) is 2.02. The second-order valence-corrected chi connectivity index (χ2v) is 2.91. The van der Waals surface area contributed by atoms with E-state index < -0.39 is 24.5 Å². The van der Waals surface area contributed by atoms with Gasteiger partial charge >= 0.3 is 13.1 Å². The van der Waals surface area contributed by atoms with Crippen molar-refractivity contribution in [3.05, 3.63) is 29.6 Å². The molecule has 0 aliphatic rings. The van der Waals surface area contributed by atoms with Crippen LogP contribution in [0.25, 0.3) is 0 Å². The van der Waals surface area contributed by atoms with E-state index >= 15 is 0 Å². The van der Waals surface area contributed by atoms with Crippen LogP contribution in [0.5, 0.6) is 0 Å². The third-order valence-corrected chi connectivity index (χ3v) is 1.78. The Balaban J connectivity index is 3.22. The minimum absolute atomic E-state index is 0.0405. The van der Waals surface area contributed by atoms with Gasteiger partial charge < -0.3 is 5.02 Å². The maximum Gasteiger partial charge on any atom is 0.419 e. The molecule has 0 heterocycles. The van der Waals surface area contributed by atoms with Crippen LogP contribution in [-0.4, -0.2) is 11.9 Å². The van der Waals surface area contributed by atoms with Gasteiger partial charge in [0.2, 0.25) is 0 Å². The molecule has 1 nitrogen and oxygen atoms in total. The van der Waals surface area contributed by atoms with Crippen LogP contribution in [0.3, 0.4) is 0 Å². The number of halogens is 4. The normalized spacial score (nSPS) is 11.6. The molecule has 1 N–H and O–H groups in total. The molecule has 0 aromatic heterocycles. The molecule has 0 aliphatic carbocycles. The molecule has 0 bridgehead atoms. The van der Waals surface area contributed by atoms with Crippen molar-refractivity contribution in [1.29, 1.82) is 0 Å². The van der Waals surface area contributed by atoms with E-state index in [-0.39, 0.29) is 5.46 Å². The van der Waals surface area contributed by atoms with Crippen LogP contribution < -0.4 is 5.46 Å². The fourth-order valence-electron chi connectivity index (χ4n) is 1.02. The summed E-state index contributed by atoms with van der Waals surface area (Å²) in [7, 11) is 0. The highest BCUT2D eigenvalue weighted by atomic mass is 19.4. The zero-order chi connectivity index (χ0) is 10.9. The summed E-state index contributed by atoms with van der Waals surface area (Å²) in [6, 6.07) is 2.43. The van der Waals surface area contributed by atoms with Crippen molar-refractivity contribution in [2.24, 2.45) is 0 Å². The van der Waals surface area contributed by atoms with E-state index in [2.05, 4.69) is 0 Å². The van der Waals surface area contributed by atoms with Gasteiger partial charge in [-0.1, -0.05) is 12.9 Å². The predicted molar refractivity (Wildman–Crippen MR) is 44.9 cm³/mol. The van der Waals surface area contributed by atoms with E-state index in [1.165, 1.54) is 6.82 Å². The number of hydrogen-bond acceptors (Lipinski definition) is 1. The lowest BCUT2D eigenvalue weighted by Crippen LogP contribution is -2.28. The van der Waals surface area contributed by atoms with Crippen LogP contribution >= 0.6 is 0 Å². The van der Waals surface area contributed by atoms with Gasteiger partial charge in [0.05, 0.1) is 5.56 Å². The van der Waals surface area contributed by atoms with Crippen LogP contribution in [0.4, 0.5) is 17.6 Å². The molecule has 14 heavy (non-hydrogen) atoms. The second-order valence-electron chi connectivity index (χ2n) is 2.91. The van der Waals surface area contributed by atoms with E-state index in [1.807, 2.05) is 0 Å². The van der Waals surface area contributed by atoms with E-state index in [0.717, 1.165) is 6.07 Å². The molecule has 0 saturated heterocycles. The molecule has 0 saturated carbocycles. The van der Waals surface area contributed by atoms with Gasteiger partial charge in [-0.15, -0.1) is 0 Å². The summed E-state index contributed by atoms with van der Waals surface area (Å²) in [4.78, 5) is 0. The van der Waals surface area contributed by atoms with Gasteiger partial charge in [0, 0.05) is 0 Å². The smallest absolute Gasteiger partial charge is 0.419 e. The lowest BCUT2D eigenvalue weighted by molar-refractivity contribution is -0.139. The molecule has 0 amide bonds. The van der Waals surface area contributed by atoms with Crippen molar-refractivity contribution in [3.8, 4) is 0 Å². The van der Waals surface area contributed by atoms with Gasteiger partial charge in [-0.25, -0.2) is 4.39 Å². The predicted octanol–water partition coefficient (Wildman–Crippen LogP) is 1.67. The molecule has 1 aromatic carbocycles. The quantitative estimate of drug-likeness (QED) is 0.547. The van der Waals surface area contributed by atoms with Crippen molar-refractivity contribution in [3.63, 3.8) is 0 Å². The molecule has 6 heteroatoms. The highest BCUT2D eigenvalue weighted by Gasteiger charge is 2.34. The maximum absolute atomic E-state index is 12.7. The van der Waals surface area contributed by atoms with E-state index in [0.29, 0.717) is 12.1 Å². The Bertz CT molecular complexity index is 335. The molecular formula is C8H7BF4O. The zero-order valence-electron chi connectivity index (χ0n) is 7.27. The van der Waals surface area contributed by atoms with Gasteiger partial charge in [0.1, 0.15) is 5.82 Å². The molecule has 0 atom stereocenters. The summed E-state index contributed by atoms with van der Waals surface area (Å²) in [6.45, 7) is 0.268. The third kappa shape index (κ3) is 2.26. The number of benzene rings is 1. The van der Waals surface area contributed by atoms with E-state index in [9.17, 15) is 17.6 Å². The Morgan fingerprint density at radius 2 is 1.86 bits per heavy atom. The lowest BCUT2D eigenvalue weighted by Gasteiger charge is -2.10. The largest absolute Gasteiger partial charge is 0.447 e. The van der Waals surface area contributed by atoms with Gasteiger partial charge in [0.25, 0.3) is 0 Å². The highest BCUT2D eigenvalue weighted by molar-refractivity contribution is 6.64. The van der Waals surface area contributed by atoms with Crippen molar-refractivity contribution in [1.82, 2.24) is 0 Å². The number of alkyl halides is 3. The minimum Gasteiger partial charge on any atom is -0.447 e. The maximum atomic E-state index is 12.7. The second kappa shape index (κ2) is 3.61. The van der Waals surface area contributed by atoms with Gasteiger partial charge in [-0.2, -0.15) is 13.2 Å². The van der Waals surface area contributed by atoms with Crippen LogP contribution in [0, 0.1) is 5.82 Å². The molecule has 0 aliphatic heterocycles. The average molecular weight is 206 g/mol. The van der Waals surface area contributed by atoms with Crippen LogP contribution in [0.1, 0.15) is 5.56 Å². The van der Waals surface area contributed by atoms with Gasteiger partial charge in [-0.05, 0) is 17.6 Å².